The quantitative estimate of drug-likeness (QED) is 0.452. The molecule has 0 saturated heterocycles. The predicted octanol–water partition coefficient (Wildman–Crippen LogP) is 5.50. The molecule has 3 aromatic carbocycles. The molecular formula is C25H26N4O2. The Balaban J connectivity index is 1.57. The molecule has 0 atom stereocenters. The van der Waals surface area contributed by atoms with Gasteiger partial charge in [0.05, 0.1) is 12.3 Å². The molecule has 6 nitrogen and oxygen atoms in total. The maximum Gasteiger partial charge on any atom is 0.255 e. The van der Waals surface area contributed by atoms with E-state index in [9.17, 15) is 4.79 Å². The van der Waals surface area contributed by atoms with Crippen molar-refractivity contribution in [2.75, 3.05) is 11.9 Å². The summed E-state index contributed by atoms with van der Waals surface area (Å²) in [7, 11) is 0. The van der Waals surface area contributed by atoms with E-state index >= 15 is 0 Å². The van der Waals surface area contributed by atoms with E-state index in [2.05, 4.69) is 29.4 Å². The average Bonchev–Trinajstić information content (AvgIpc) is 3.17. The second-order valence-electron chi connectivity index (χ2n) is 7.80. The first kappa shape index (κ1) is 20.6. The van der Waals surface area contributed by atoms with Gasteiger partial charge in [0.25, 0.3) is 5.91 Å². The number of aromatic nitrogens is 3. The van der Waals surface area contributed by atoms with E-state index < -0.39 is 0 Å². The van der Waals surface area contributed by atoms with E-state index in [1.165, 1.54) is 5.56 Å². The molecule has 0 radical (unpaired) electrons. The minimum atomic E-state index is -0.142. The SMILES string of the molecule is CCOc1ccc(-n2nc3cc(C)c(NC(=O)c4ccc(C(C)C)cc4)cc3n2)cc1. The van der Waals surface area contributed by atoms with Gasteiger partial charge < -0.3 is 10.1 Å². The lowest BCUT2D eigenvalue weighted by molar-refractivity contribution is 0.102. The summed E-state index contributed by atoms with van der Waals surface area (Å²) in [5.74, 6) is 1.10. The lowest BCUT2D eigenvalue weighted by atomic mass is 10.0. The molecule has 1 N–H and O–H groups in total. The van der Waals surface area contributed by atoms with Crippen molar-refractivity contribution in [3.63, 3.8) is 0 Å². The molecular weight excluding hydrogens is 388 g/mol. The summed E-state index contributed by atoms with van der Waals surface area (Å²) >= 11 is 0. The summed E-state index contributed by atoms with van der Waals surface area (Å²) in [6, 6.07) is 19.1. The fraction of sp³-hybridized carbons (Fsp3) is 0.240. The third kappa shape index (κ3) is 4.43. The minimum absolute atomic E-state index is 0.142. The highest BCUT2D eigenvalue weighted by Crippen LogP contribution is 2.24. The van der Waals surface area contributed by atoms with Crippen LogP contribution in [0.2, 0.25) is 0 Å². The zero-order valence-corrected chi connectivity index (χ0v) is 18.2. The first-order chi connectivity index (χ1) is 14.9. The molecule has 158 valence electrons. The van der Waals surface area contributed by atoms with Crippen LogP contribution in [0.25, 0.3) is 16.7 Å². The van der Waals surface area contributed by atoms with Crippen molar-refractivity contribution in [3.8, 4) is 11.4 Å². The first-order valence-electron chi connectivity index (χ1n) is 10.5. The monoisotopic (exact) mass is 414 g/mol. The van der Waals surface area contributed by atoms with Crippen LogP contribution in [0.1, 0.15) is 48.2 Å². The largest absolute Gasteiger partial charge is 0.494 e. The van der Waals surface area contributed by atoms with Crippen molar-refractivity contribution in [1.29, 1.82) is 0 Å². The van der Waals surface area contributed by atoms with E-state index in [1.807, 2.05) is 74.5 Å². The lowest BCUT2D eigenvalue weighted by Crippen LogP contribution is -2.12. The van der Waals surface area contributed by atoms with E-state index in [0.717, 1.165) is 28.2 Å². The third-order valence-corrected chi connectivity index (χ3v) is 5.19. The Morgan fingerprint density at radius 2 is 1.65 bits per heavy atom. The van der Waals surface area contributed by atoms with Gasteiger partial charge in [-0.3, -0.25) is 4.79 Å². The van der Waals surface area contributed by atoms with E-state index in [0.29, 0.717) is 23.6 Å². The molecule has 0 aliphatic carbocycles. The van der Waals surface area contributed by atoms with Gasteiger partial charge in [0.1, 0.15) is 16.8 Å². The van der Waals surface area contributed by atoms with Gasteiger partial charge in [0.15, 0.2) is 0 Å². The van der Waals surface area contributed by atoms with E-state index in [1.54, 1.807) is 4.80 Å². The second kappa shape index (κ2) is 8.60. The molecule has 31 heavy (non-hydrogen) atoms. The molecule has 0 bridgehead atoms. The molecule has 0 fully saturated rings. The van der Waals surface area contributed by atoms with Crippen LogP contribution >= 0.6 is 0 Å². The van der Waals surface area contributed by atoms with Crippen LogP contribution in [0, 0.1) is 6.92 Å². The number of amides is 1. The number of hydrogen-bond acceptors (Lipinski definition) is 4. The molecule has 0 aliphatic heterocycles. The summed E-state index contributed by atoms with van der Waals surface area (Å²) in [5.41, 5.74) is 5.81. The minimum Gasteiger partial charge on any atom is -0.494 e. The van der Waals surface area contributed by atoms with Crippen molar-refractivity contribution in [2.45, 2.75) is 33.6 Å². The van der Waals surface area contributed by atoms with Crippen LogP contribution in [0.5, 0.6) is 5.75 Å². The zero-order valence-electron chi connectivity index (χ0n) is 18.2. The van der Waals surface area contributed by atoms with Crippen LogP contribution in [0.3, 0.4) is 0 Å². The third-order valence-electron chi connectivity index (χ3n) is 5.19. The maximum atomic E-state index is 12.7. The van der Waals surface area contributed by atoms with E-state index in [4.69, 9.17) is 4.74 Å². The van der Waals surface area contributed by atoms with Crippen LogP contribution in [-0.4, -0.2) is 27.5 Å². The molecule has 1 aromatic heterocycles. The van der Waals surface area contributed by atoms with Gasteiger partial charge >= 0.3 is 0 Å². The Morgan fingerprint density at radius 3 is 2.26 bits per heavy atom. The number of nitrogens with zero attached hydrogens (tertiary/aromatic N) is 3. The Morgan fingerprint density at radius 1 is 1.00 bits per heavy atom. The normalized spacial score (nSPS) is 11.1. The average molecular weight is 415 g/mol. The van der Waals surface area contributed by atoms with Gasteiger partial charge in [-0.2, -0.15) is 4.80 Å². The summed E-state index contributed by atoms with van der Waals surface area (Å²) in [5, 5.41) is 12.2. The van der Waals surface area contributed by atoms with Crippen LogP contribution in [-0.2, 0) is 0 Å². The topological polar surface area (TPSA) is 69.0 Å². The fourth-order valence-electron chi connectivity index (χ4n) is 3.37. The van der Waals surface area contributed by atoms with Gasteiger partial charge in [-0.05, 0) is 79.4 Å². The Kier molecular flexibility index (Phi) is 5.71. The number of hydrogen-bond donors (Lipinski definition) is 1. The predicted molar refractivity (Wildman–Crippen MR) is 123 cm³/mol. The number of anilines is 1. The first-order valence-corrected chi connectivity index (χ1v) is 10.5. The summed E-state index contributed by atoms with van der Waals surface area (Å²) in [6.07, 6.45) is 0. The Bertz CT molecular complexity index is 1210. The maximum absolute atomic E-state index is 12.7. The van der Waals surface area contributed by atoms with Crippen LogP contribution in [0.4, 0.5) is 5.69 Å². The molecule has 1 heterocycles. The number of aryl methyl sites for hydroxylation is 1. The van der Waals surface area contributed by atoms with Crippen molar-refractivity contribution in [2.24, 2.45) is 0 Å². The van der Waals surface area contributed by atoms with Crippen LogP contribution < -0.4 is 10.1 Å². The summed E-state index contributed by atoms with van der Waals surface area (Å²) in [4.78, 5) is 14.3. The van der Waals surface area contributed by atoms with Crippen LogP contribution in [0.15, 0.2) is 60.7 Å². The molecule has 0 saturated carbocycles. The summed E-state index contributed by atoms with van der Waals surface area (Å²) < 4.78 is 5.49. The summed E-state index contributed by atoms with van der Waals surface area (Å²) in [6.45, 7) is 8.79. The number of carbonyl (C=O) groups excluding carboxylic acids is 1. The standard InChI is InChI=1S/C25H26N4O2/c1-5-31-21-12-10-20(11-13-21)29-27-23-14-17(4)22(15-24(23)28-29)26-25(30)19-8-6-18(7-9-19)16(2)3/h6-16H,5H2,1-4H3,(H,26,30). The number of benzene rings is 3. The fourth-order valence-corrected chi connectivity index (χ4v) is 3.37. The molecule has 6 heteroatoms. The van der Waals surface area contributed by atoms with Gasteiger partial charge in [0, 0.05) is 11.3 Å². The number of fused-ring (bicyclic) bond motifs is 1. The van der Waals surface area contributed by atoms with Crippen molar-refractivity contribution < 1.29 is 9.53 Å². The number of ether oxygens (including phenoxy) is 1. The van der Waals surface area contributed by atoms with Crippen molar-refractivity contribution >= 4 is 22.6 Å². The van der Waals surface area contributed by atoms with Crippen molar-refractivity contribution in [1.82, 2.24) is 15.0 Å². The van der Waals surface area contributed by atoms with Gasteiger partial charge in [-0.15, -0.1) is 10.2 Å². The van der Waals surface area contributed by atoms with Crippen molar-refractivity contribution in [3.05, 3.63) is 77.4 Å². The lowest BCUT2D eigenvalue weighted by Gasteiger charge is -2.10. The molecule has 4 aromatic rings. The molecule has 1 amide bonds. The molecule has 0 spiro atoms. The van der Waals surface area contributed by atoms with E-state index in [-0.39, 0.29) is 5.91 Å². The number of rotatable bonds is 6. The zero-order chi connectivity index (χ0) is 22.0. The highest BCUT2D eigenvalue weighted by Gasteiger charge is 2.12. The second-order valence-corrected chi connectivity index (χ2v) is 7.80. The van der Waals surface area contributed by atoms with Gasteiger partial charge in [0.2, 0.25) is 0 Å². The molecule has 0 unspecified atom stereocenters. The molecule has 4 rings (SSSR count). The van der Waals surface area contributed by atoms with Gasteiger partial charge in [-0.1, -0.05) is 26.0 Å². The molecule has 0 aliphatic rings. The number of nitrogens with one attached hydrogen (secondary N) is 1. The number of carbonyl (C=O) groups is 1. The smallest absolute Gasteiger partial charge is 0.255 e. The Hall–Kier alpha value is -3.67. The highest BCUT2D eigenvalue weighted by atomic mass is 16.5. The van der Waals surface area contributed by atoms with Gasteiger partial charge in [-0.25, -0.2) is 0 Å². The highest BCUT2D eigenvalue weighted by molar-refractivity contribution is 6.05. The Labute approximate surface area is 181 Å².